The van der Waals surface area contributed by atoms with Crippen LogP contribution in [0.25, 0.3) is 0 Å². The Hall–Kier alpha value is -1.80. The standard InChI is InChI=1S/C16H20N2/c1-15(2,3)13-7-12(10-18)14(16(4,5)6)8-11(13)9-17/h7-8H,1-6H3. The van der Waals surface area contributed by atoms with Crippen LogP contribution in [-0.4, -0.2) is 0 Å². The van der Waals surface area contributed by atoms with E-state index in [1.807, 2.05) is 12.1 Å². The highest BCUT2D eigenvalue weighted by atomic mass is 14.3. The van der Waals surface area contributed by atoms with Crippen molar-refractivity contribution in [2.24, 2.45) is 0 Å². The minimum atomic E-state index is -0.132. The minimum Gasteiger partial charge on any atom is -0.192 e. The molecule has 1 aromatic rings. The molecule has 0 unspecified atom stereocenters. The molecule has 0 amide bonds. The average molecular weight is 240 g/mol. The summed E-state index contributed by atoms with van der Waals surface area (Å²) in [6.07, 6.45) is 0. The molecule has 1 aromatic carbocycles. The van der Waals surface area contributed by atoms with Gasteiger partial charge in [0.05, 0.1) is 23.3 Å². The second kappa shape index (κ2) is 4.46. The SMILES string of the molecule is CC(C)(C)c1cc(C#N)c(C(C)(C)C)cc1C#N. The van der Waals surface area contributed by atoms with Crippen molar-refractivity contribution in [2.45, 2.75) is 52.4 Å². The number of nitrogens with zero attached hydrogens (tertiary/aromatic N) is 2. The van der Waals surface area contributed by atoms with E-state index in [0.717, 1.165) is 11.1 Å². The molecule has 0 spiro atoms. The smallest absolute Gasteiger partial charge is 0.0994 e. The molecule has 0 radical (unpaired) electrons. The first kappa shape index (κ1) is 14.3. The molecule has 0 aromatic heterocycles. The maximum absolute atomic E-state index is 9.30. The van der Waals surface area contributed by atoms with Crippen LogP contribution < -0.4 is 0 Å². The van der Waals surface area contributed by atoms with Gasteiger partial charge in [-0.05, 0) is 34.1 Å². The minimum absolute atomic E-state index is 0.132. The Bertz CT molecular complexity index is 489. The van der Waals surface area contributed by atoms with Crippen molar-refractivity contribution in [1.82, 2.24) is 0 Å². The predicted octanol–water partition coefficient (Wildman–Crippen LogP) is 4.02. The van der Waals surface area contributed by atoms with Gasteiger partial charge in [0.15, 0.2) is 0 Å². The van der Waals surface area contributed by atoms with E-state index in [9.17, 15) is 10.5 Å². The molecule has 0 aliphatic heterocycles. The van der Waals surface area contributed by atoms with Gasteiger partial charge in [-0.3, -0.25) is 0 Å². The van der Waals surface area contributed by atoms with Gasteiger partial charge in [0, 0.05) is 0 Å². The second-order valence-corrected chi connectivity index (χ2v) is 6.67. The molecule has 0 atom stereocenters. The molecule has 94 valence electrons. The van der Waals surface area contributed by atoms with Gasteiger partial charge in [0.2, 0.25) is 0 Å². The van der Waals surface area contributed by atoms with E-state index >= 15 is 0 Å². The summed E-state index contributed by atoms with van der Waals surface area (Å²) in [5.74, 6) is 0. The van der Waals surface area contributed by atoms with Gasteiger partial charge in [-0.25, -0.2) is 0 Å². The van der Waals surface area contributed by atoms with Gasteiger partial charge in [-0.15, -0.1) is 0 Å². The lowest BCUT2D eigenvalue weighted by molar-refractivity contribution is 0.574. The number of hydrogen-bond donors (Lipinski definition) is 0. The Morgan fingerprint density at radius 3 is 1.17 bits per heavy atom. The van der Waals surface area contributed by atoms with E-state index < -0.39 is 0 Å². The second-order valence-electron chi connectivity index (χ2n) is 6.67. The summed E-state index contributed by atoms with van der Waals surface area (Å²) in [5, 5.41) is 18.6. The van der Waals surface area contributed by atoms with Gasteiger partial charge in [-0.1, -0.05) is 41.5 Å². The van der Waals surface area contributed by atoms with E-state index in [0.29, 0.717) is 11.1 Å². The number of rotatable bonds is 0. The molecule has 2 heteroatoms. The molecule has 2 nitrogen and oxygen atoms in total. The van der Waals surface area contributed by atoms with E-state index in [2.05, 4.69) is 53.7 Å². The van der Waals surface area contributed by atoms with Gasteiger partial charge in [0.25, 0.3) is 0 Å². The summed E-state index contributed by atoms with van der Waals surface area (Å²) in [7, 11) is 0. The van der Waals surface area contributed by atoms with E-state index in [4.69, 9.17) is 0 Å². The molecule has 0 N–H and O–H groups in total. The lowest BCUT2D eigenvalue weighted by Gasteiger charge is -2.26. The zero-order valence-electron chi connectivity index (χ0n) is 12.0. The first-order valence-corrected chi connectivity index (χ1v) is 6.10. The van der Waals surface area contributed by atoms with Crippen molar-refractivity contribution < 1.29 is 0 Å². The summed E-state index contributed by atoms with van der Waals surface area (Å²) >= 11 is 0. The highest BCUT2D eigenvalue weighted by Gasteiger charge is 2.24. The number of benzene rings is 1. The molecule has 0 bridgehead atoms. The molecule has 0 aliphatic carbocycles. The Labute approximate surface area is 110 Å². The van der Waals surface area contributed by atoms with E-state index in [1.54, 1.807) is 0 Å². The predicted molar refractivity (Wildman–Crippen MR) is 73.3 cm³/mol. The molecule has 0 heterocycles. The fraction of sp³-hybridized carbons (Fsp3) is 0.500. The Morgan fingerprint density at radius 2 is 1.00 bits per heavy atom. The molecule has 0 fully saturated rings. The van der Waals surface area contributed by atoms with Crippen molar-refractivity contribution in [3.05, 3.63) is 34.4 Å². The van der Waals surface area contributed by atoms with Gasteiger partial charge in [-0.2, -0.15) is 10.5 Å². The van der Waals surface area contributed by atoms with Crippen molar-refractivity contribution in [1.29, 1.82) is 10.5 Å². The van der Waals surface area contributed by atoms with Crippen LogP contribution in [0.4, 0.5) is 0 Å². The van der Waals surface area contributed by atoms with Crippen LogP contribution in [0.1, 0.15) is 63.8 Å². The van der Waals surface area contributed by atoms with Crippen molar-refractivity contribution >= 4 is 0 Å². The summed E-state index contributed by atoms with van der Waals surface area (Å²) < 4.78 is 0. The quantitative estimate of drug-likeness (QED) is 0.687. The third-order valence-corrected chi connectivity index (χ3v) is 3.01. The van der Waals surface area contributed by atoms with Crippen molar-refractivity contribution in [3.8, 4) is 12.1 Å². The third-order valence-electron chi connectivity index (χ3n) is 3.01. The summed E-state index contributed by atoms with van der Waals surface area (Å²) in [4.78, 5) is 0. The monoisotopic (exact) mass is 240 g/mol. The summed E-state index contributed by atoms with van der Waals surface area (Å²) in [6.45, 7) is 12.3. The molecular formula is C16H20N2. The average Bonchev–Trinajstić information content (AvgIpc) is 2.24. The number of hydrogen-bond acceptors (Lipinski definition) is 2. The fourth-order valence-electron chi connectivity index (χ4n) is 2.03. The summed E-state index contributed by atoms with van der Waals surface area (Å²) in [6, 6.07) is 8.26. The van der Waals surface area contributed by atoms with Crippen LogP contribution in [0.5, 0.6) is 0 Å². The zero-order valence-corrected chi connectivity index (χ0v) is 12.0. The number of nitriles is 2. The molecular weight excluding hydrogens is 220 g/mol. The zero-order chi connectivity index (χ0) is 14.1. The van der Waals surface area contributed by atoms with Crippen LogP contribution in [0.15, 0.2) is 12.1 Å². The molecule has 0 saturated heterocycles. The van der Waals surface area contributed by atoms with Crippen LogP contribution >= 0.6 is 0 Å². The van der Waals surface area contributed by atoms with Crippen molar-refractivity contribution in [3.63, 3.8) is 0 Å². The third kappa shape index (κ3) is 2.71. The lowest BCUT2D eigenvalue weighted by atomic mass is 9.77. The molecule has 1 rings (SSSR count). The van der Waals surface area contributed by atoms with Gasteiger partial charge in [0.1, 0.15) is 0 Å². The maximum atomic E-state index is 9.30. The normalized spacial score (nSPS) is 11.8. The van der Waals surface area contributed by atoms with Crippen LogP contribution in [-0.2, 0) is 10.8 Å². The van der Waals surface area contributed by atoms with Gasteiger partial charge < -0.3 is 0 Å². The van der Waals surface area contributed by atoms with E-state index in [-0.39, 0.29) is 10.8 Å². The largest absolute Gasteiger partial charge is 0.192 e. The first-order valence-electron chi connectivity index (χ1n) is 6.10. The highest BCUT2D eigenvalue weighted by Crippen LogP contribution is 2.33. The summed E-state index contributed by atoms with van der Waals surface area (Å²) in [5.41, 5.74) is 2.96. The van der Waals surface area contributed by atoms with Crippen LogP contribution in [0.2, 0.25) is 0 Å². The maximum Gasteiger partial charge on any atom is 0.0994 e. The Kier molecular flexibility index (Phi) is 3.54. The van der Waals surface area contributed by atoms with Crippen LogP contribution in [0, 0.1) is 22.7 Å². The van der Waals surface area contributed by atoms with Crippen LogP contribution in [0.3, 0.4) is 0 Å². The molecule has 0 aliphatic rings. The Balaban J connectivity index is 3.66. The first-order chi connectivity index (χ1) is 8.11. The lowest BCUT2D eigenvalue weighted by Crippen LogP contribution is -2.18. The van der Waals surface area contributed by atoms with E-state index in [1.165, 1.54) is 0 Å². The topological polar surface area (TPSA) is 47.6 Å². The highest BCUT2D eigenvalue weighted by molar-refractivity contribution is 5.53. The van der Waals surface area contributed by atoms with Crippen molar-refractivity contribution in [2.75, 3.05) is 0 Å². The van der Waals surface area contributed by atoms with Gasteiger partial charge >= 0.3 is 0 Å². The fourth-order valence-corrected chi connectivity index (χ4v) is 2.03. The Morgan fingerprint density at radius 1 is 0.722 bits per heavy atom. The molecule has 0 saturated carbocycles. The molecule has 18 heavy (non-hydrogen) atoms.